The first-order valence-electron chi connectivity index (χ1n) is 7.13. The molecule has 1 rings (SSSR count). The molecule has 0 radical (unpaired) electrons. The van der Waals surface area contributed by atoms with Crippen LogP contribution in [0.2, 0.25) is 0 Å². The Kier molecular flexibility index (Phi) is 7.56. The minimum Gasteiger partial charge on any atom is -0.207 e. The van der Waals surface area contributed by atoms with Crippen LogP contribution in [0.15, 0.2) is 29.2 Å². The van der Waals surface area contributed by atoms with Gasteiger partial charge in [-0.15, -0.1) is 11.6 Å². The van der Waals surface area contributed by atoms with Crippen LogP contribution in [0.25, 0.3) is 0 Å². The summed E-state index contributed by atoms with van der Waals surface area (Å²) >= 11 is 5.61. The summed E-state index contributed by atoms with van der Waals surface area (Å²) in [4.78, 5) is 0.372. The fourth-order valence-corrected chi connectivity index (χ4v) is 3.42. The molecular weight excluding hydrogens is 294 g/mol. The second-order valence-corrected chi connectivity index (χ2v) is 7.39. The van der Waals surface area contributed by atoms with Crippen molar-refractivity contribution in [3.63, 3.8) is 0 Å². The topological polar surface area (TPSA) is 37.4 Å². The summed E-state index contributed by atoms with van der Waals surface area (Å²) in [5.74, 6) is 0.634. The van der Waals surface area contributed by atoms with Gasteiger partial charge in [-0.05, 0) is 37.0 Å². The van der Waals surface area contributed by atoms with Gasteiger partial charge in [-0.3, -0.25) is 0 Å². The van der Waals surface area contributed by atoms with Crippen LogP contribution in [0.5, 0.6) is 0 Å². The van der Waals surface area contributed by atoms with Gasteiger partial charge in [0.1, 0.15) is 0 Å². The van der Waals surface area contributed by atoms with Crippen molar-refractivity contribution in [1.29, 1.82) is 0 Å². The van der Waals surface area contributed by atoms with Gasteiger partial charge in [-0.25, -0.2) is 12.7 Å². The van der Waals surface area contributed by atoms with Gasteiger partial charge in [0.15, 0.2) is 0 Å². The SMILES string of the molecule is CCCc1ccc(S(=O)(=O)N(C)CCCCCCl)cc1. The summed E-state index contributed by atoms with van der Waals surface area (Å²) in [7, 11) is -1.72. The molecule has 1 aromatic carbocycles. The molecule has 20 heavy (non-hydrogen) atoms. The molecule has 0 atom stereocenters. The van der Waals surface area contributed by atoms with Gasteiger partial charge in [0, 0.05) is 19.5 Å². The summed E-state index contributed by atoms with van der Waals surface area (Å²) in [6.45, 7) is 2.65. The zero-order valence-electron chi connectivity index (χ0n) is 12.3. The van der Waals surface area contributed by atoms with Crippen molar-refractivity contribution in [3.05, 3.63) is 29.8 Å². The monoisotopic (exact) mass is 317 g/mol. The van der Waals surface area contributed by atoms with Gasteiger partial charge in [0.25, 0.3) is 0 Å². The standard InChI is InChI=1S/C15H24ClNO2S/c1-3-7-14-8-10-15(11-9-14)20(18,19)17(2)13-6-4-5-12-16/h8-11H,3-7,12-13H2,1-2H3. The number of rotatable bonds is 9. The number of hydrogen-bond donors (Lipinski definition) is 0. The van der Waals surface area contributed by atoms with Gasteiger partial charge in [0.05, 0.1) is 4.90 Å². The molecule has 5 heteroatoms. The summed E-state index contributed by atoms with van der Waals surface area (Å²) < 4.78 is 26.2. The van der Waals surface area contributed by atoms with Crippen molar-refractivity contribution in [2.45, 2.75) is 43.9 Å². The highest BCUT2D eigenvalue weighted by molar-refractivity contribution is 7.89. The molecule has 0 bridgehead atoms. The lowest BCUT2D eigenvalue weighted by atomic mass is 10.1. The molecule has 114 valence electrons. The first kappa shape index (κ1) is 17.5. The molecule has 1 aromatic rings. The van der Waals surface area contributed by atoms with Crippen molar-refractivity contribution in [1.82, 2.24) is 4.31 Å². The quantitative estimate of drug-likeness (QED) is 0.515. The predicted octanol–water partition coefficient (Wildman–Crippen LogP) is 3.67. The van der Waals surface area contributed by atoms with Gasteiger partial charge >= 0.3 is 0 Å². The highest BCUT2D eigenvalue weighted by Crippen LogP contribution is 2.16. The summed E-state index contributed by atoms with van der Waals surface area (Å²) in [6.07, 6.45) is 4.78. The van der Waals surface area contributed by atoms with E-state index in [1.165, 1.54) is 9.87 Å². The first-order valence-corrected chi connectivity index (χ1v) is 9.11. The molecule has 0 unspecified atom stereocenters. The van der Waals surface area contributed by atoms with Crippen LogP contribution in [-0.2, 0) is 16.4 Å². The highest BCUT2D eigenvalue weighted by atomic mass is 35.5. The molecule has 0 amide bonds. The highest BCUT2D eigenvalue weighted by Gasteiger charge is 2.19. The molecule has 3 nitrogen and oxygen atoms in total. The number of aryl methyl sites for hydroxylation is 1. The maximum atomic E-state index is 12.4. The van der Waals surface area contributed by atoms with E-state index >= 15 is 0 Å². The molecule has 0 N–H and O–H groups in total. The lowest BCUT2D eigenvalue weighted by Crippen LogP contribution is -2.28. The van der Waals surface area contributed by atoms with Crippen LogP contribution in [0, 0.1) is 0 Å². The Morgan fingerprint density at radius 2 is 1.75 bits per heavy atom. The smallest absolute Gasteiger partial charge is 0.207 e. The third-order valence-electron chi connectivity index (χ3n) is 3.28. The molecule has 0 saturated heterocycles. The number of alkyl halides is 1. The summed E-state index contributed by atoms with van der Waals surface area (Å²) in [6, 6.07) is 7.21. The summed E-state index contributed by atoms with van der Waals surface area (Å²) in [5, 5.41) is 0. The van der Waals surface area contributed by atoms with Gasteiger partial charge in [-0.2, -0.15) is 0 Å². The number of hydrogen-bond acceptors (Lipinski definition) is 2. The Balaban J connectivity index is 2.66. The molecule has 0 saturated carbocycles. The first-order chi connectivity index (χ1) is 9.52. The Bertz CT molecular complexity index is 485. The number of nitrogens with zero attached hydrogens (tertiary/aromatic N) is 1. The number of unbranched alkanes of at least 4 members (excludes halogenated alkanes) is 2. The Morgan fingerprint density at radius 3 is 2.30 bits per heavy atom. The molecule has 0 aliphatic rings. The average molecular weight is 318 g/mol. The Hall–Kier alpha value is -0.580. The van der Waals surface area contributed by atoms with E-state index in [9.17, 15) is 8.42 Å². The number of sulfonamides is 1. The third-order valence-corrected chi connectivity index (χ3v) is 5.42. The van der Waals surface area contributed by atoms with Gasteiger partial charge in [0.2, 0.25) is 10.0 Å². The van der Waals surface area contributed by atoms with E-state index in [1.807, 2.05) is 12.1 Å². The van der Waals surface area contributed by atoms with E-state index in [1.54, 1.807) is 19.2 Å². The number of halogens is 1. The largest absolute Gasteiger partial charge is 0.242 e. The van der Waals surface area contributed by atoms with Crippen LogP contribution in [0.4, 0.5) is 0 Å². The summed E-state index contributed by atoms with van der Waals surface area (Å²) in [5.41, 5.74) is 1.18. The van der Waals surface area contributed by atoms with E-state index in [0.29, 0.717) is 17.3 Å². The van der Waals surface area contributed by atoms with Crippen molar-refractivity contribution in [2.24, 2.45) is 0 Å². The van der Waals surface area contributed by atoms with E-state index in [2.05, 4.69) is 6.92 Å². The second-order valence-electron chi connectivity index (χ2n) is 4.97. The van der Waals surface area contributed by atoms with Gasteiger partial charge in [-0.1, -0.05) is 31.9 Å². The molecule has 0 heterocycles. The normalized spacial score (nSPS) is 12.0. The van der Waals surface area contributed by atoms with Crippen LogP contribution < -0.4 is 0 Å². The number of benzene rings is 1. The fourth-order valence-electron chi connectivity index (χ4n) is 2.02. The maximum absolute atomic E-state index is 12.4. The van der Waals surface area contributed by atoms with E-state index < -0.39 is 10.0 Å². The molecular formula is C15H24ClNO2S. The lowest BCUT2D eigenvalue weighted by molar-refractivity contribution is 0.454. The van der Waals surface area contributed by atoms with Crippen molar-refractivity contribution in [3.8, 4) is 0 Å². The van der Waals surface area contributed by atoms with Gasteiger partial charge < -0.3 is 0 Å². The molecule has 0 aromatic heterocycles. The molecule has 0 spiro atoms. The fraction of sp³-hybridized carbons (Fsp3) is 0.600. The average Bonchev–Trinajstić information content (AvgIpc) is 2.44. The zero-order valence-corrected chi connectivity index (χ0v) is 13.9. The van der Waals surface area contributed by atoms with Crippen LogP contribution in [-0.4, -0.2) is 32.2 Å². The molecule has 0 aliphatic carbocycles. The molecule has 0 fully saturated rings. The van der Waals surface area contributed by atoms with Crippen LogP contribution in [0.1, 0.15) is 38.2 Å². The van der Waals surface area contributed by atoms with E-state index in [4.69, 9.17) is 11.6 Å². The third kappa shape index (κ3) is 5.08. The maximum Gasteiger partial charge on any atom is 0.242 e. The Labute approximate surface area is 128 Å². The predicted molar refractivity (Wildman–Crippen MR) is 84.8 cm³/mol. The minimum atomic E-state index is -3.36. The zero-order chi connectivity index (χ0) is 15.0. The van der Waals surface area contributed by atoms with Crippen molar-refractivity contribution < 1.29 is 8.42 Å². The van der Waals surface area contributed by atoms with E-state index in [-0.39, 0.29) is 0 Å². The minimum absolute atomic E-state index is 0.372. The Morgan fingerprint density at radius 1 is 1.10 bits per heavy atom. The van der Waals surface area contributed by atoms with Crippen LogP contribution in [0.3, 0.4) is 0 Å². The molecule has 0 aliphatic heterocycles. The second kappa shape index (κ2) is 8.65. The van der Waals surface area contributed by atoms with Crippen molar-refractivity contribution >= 4 is 21.6 Å². The lowest BCUT2D eigenvalue weighted by Gasteiger charge is -2.17. The van der Waals surface area contributed by atoms with Crippen LogP contribution >= 0.6 is 11.6 Å². The van der Waals surface area contributed by atoms with Crippen molar-refractivity contribution in [2.75, 3.05) is 19.5 Å². The van der Waals surface area contributed by atoms with E-state index in [0.717, 1.165) is 32.1 Å².